The minimum absolute atomic E-state index is 0.0791. The molecule has 0 saturated carbocycles. The second-order valence-electron chi connectivity index (χ2n) is 8.19. The fourth-order valence-electron chi connectivity index (χ4n) is 3.94. The van der Waals surface area contributed by atoms with Crippen LogP contribution in [0.5, 0.6) is 0 Å². The second-order valence-corrected chi connectivity index (χ2v) is 9.13. The normalized spacial score (nSPS) is 11.0. The summed E-state index contributed by atoms with van der Waals surface area (Å²) in [6.45, 7) is 2.11. The van der Waals surface area contributed by atoms with Gasteiger partial charge >= 0.3 is 0 Å². The number of hydrogen-bond donors (Lipinski definition) is 1. The van der Waals surface area contributed by atoms with Crippen molar-refractivity contribution in [2.24, 2.45) is 7.05 Å². The highest BCUT2D eigenvalue weighted by molar-refractivity contribution is 7.99. The molecule has 174 valence electrons. The molecule has 5 aromatic rings. The number of thioether (sulfide) groups is 1. The van der Waals surface area contributed by atoms with Gasteiger partial charge in [-0.3, -0.25) is 4.79 Å². The van der Waals surface area contributed by atoms with Gasteiger partial charge in [0.1, 0.15) is 0 Å². The number of amides is 1. The van der Waals surface area contributed by atoms with Gasteiger partial charge in [0, 0.05) is 29.2 Å². The number of hydrogen-bond acceptors (Lipinski definition) is 5. The van der Waals surface area contributed by atoms with E-state index in [-0.39, 0.29) is 11.7 Å². The zero-order valence-corrected chi connectivity index (χ0v) is 20.4. The number of carbonyl (C=O) groups excluding carboxylic acids is 1. The summed E-state index contributed by atoms with van der Waals surface area (Å²) < 4.78 is 1.94. The number of carbonyl (C=O) groups is 1. The number of para-hydroxylation sites is 1. The van der Waals surface area contributed by atoms with Crippen LogP contribution < -0.4 is 5.32 Å². The molecular formula is C28H25N5OS. The Morgan fingerprint density at radius 1 is 0.943 bits per heavy atom. The lowest BCUT2D eigenvalue weighted by molar-refractivity contribution is -0.113. The molecule has 0 fully saturated rings. The average molecular weight is 480 g/mol. The van der Waals surface area contributed by atoms with E-state index < -0.39 is 0 Å². The molecule has 0 aliphatic carbocycles. The average Bonchev–Trinajstić information content (AvgIpc) is 3.27. The third-order valence-corrected chi connectivity index (χ3v) is 6.86. The molecule has 1 amide bonds. The van der Waals surface area contributed by atoms with Gasteiger partial charge in [0.05, 0.1) is 17.0 Å². The van der Waals surface area contributed by atoms with Crippen molar-refractivity contribution in [2.75, 3.05) is 11.1 Å². The Balaban J connectivity index is 1.39. The largest absolute Gasteiger partial charge is 0.325 e. The molecule has 7 heteroatoms. The minimum Gasteiger partial charge on any atom is -0.325 e. The third kappa shape index (κ3) is 4.95. The van der Waals surface area contributed by atoms with Crippen LogP contribution >= 0.6 is 11.8 Å². The molecule has 0 spiro atoms. The van der Waals surface area contributed by atoms with Crippen LogP contribution in [0.3, 0.4) is 0 Å². The maximum absolute atomic E-state index is 12.5. The van der Waals surface area contributed by atoms with Crippen molar-refractivity contribution in [3.8, 4) is 22.6 Å². The maximum Gasteiger partial charge on any atom is 0.234 e. The first-order chi connectivity index (χ1) is 17.1. The molecule has 2 heterocycles. The fraction of sp³-hybridized carbons (Fsp3) is 0.143. The molecule has 0 unspecified atom stereocenters. The van der Waals surface area contributed by atoms with Gasteiger partial charge in [-0.25, -0.2) is 4.98 Å². The SMILES string of the molecule is CCc1ccc(NC(=O)CSc2nnc(-c3cc(-c4ccccc4)nc4ccccc34)n2C)cc1. The van der Waals surface area contributed by atoms with Crippen molar-refractivity contribution in [2.45, 2.75) is 18.5 Å². The number of nitrogens with one attached hydrogen (secondary N) is 1. The molecule has 0 bridgehead atoms. The van der Waals surface area contributed by atoms with Gasteiger partial charge in [-0.15, -0.1) is 10.2 Å². The predicted octanol–water partition coefficient (Wildman–Crippen LogP) is 5.99. The smallest absolute Gasteiger partial charge is 0.234 e. The fourth-order valence-corrected chi connectivity index (χ4v) is 4.65. The van der Waals surface area contributed by atoms with Crippen LogP contribution in [0.4, 0.5) is 5.69 Å². The molecule has 6 nitrogen and oxygen atoms in total. The van der Waals surface area contributed by atoms with Crippen LogP contribution in [-0.4, -0.2) is 31.4 Å². The minimum atomic E-state index is -0.0791. The van der Waals surface area contributed by atoms with E-state index >= 15 is 0 Å². The highest BCUT2D eigenvalue weighted by atomic mass is 32.2. The Bertz CT molecular complexity index is 1480. The van der Waals surface area contributed by atoms with Crippen molar-refractivity contribution in [1.82, 2.24) is 19.7 Å². The van der Waals surface area contributed by atoms with E-state index in [4.69, 9.17) is 4.98 Å². The van der Waals surface area contributed by atoms with Gasteiger partial charge in [-0.2, -0.15) is 0 Å². The Hall–Kier alpha value is -3.97. The number of aromatic nitrogens is 4. The molecule has 0 aliphatic heterocycles. The highest BCUT2D eigenvalue weighted by Crippen LogP contribution is 2.32. The van der Waals surface area contributed by atoms with Gasteiger partial charge in [0.15, 0.2) is 11.0 Å². The first-order valence-electron chi connectivity index (χ1n) is 11.5. The van der Waals surface area contributed by atoms with Gasteiger partial charge in [0.2, 0.25) is 5.91 Å². The maximum atomic E-state index is 12.5. The summed E-state index contributed by atoms with van der Waals surface area (Å²) in [5, 5.41) is 13.5. The zero-order valence-electron chi connectivity index (χ0n) is 19.6. The number of aryl methyl sites for hydroxylation is 1. The third-order valence-electron chi connectivity index (χ3n) is 5.84. The predicted molar refractivity (Wildman–Crippen MR) is 142 cm³/mol. The summed E-state index contributed by atoms with van der Waals surface area (Å²) in [6, 6.07) is 28.1. The number of rotatable bonds is 7. The molecule has 0 atom stereocenters. The van der Waals surface area contributed by atoms with Crippen molar-refractivity contribution in [1.29, 1.82) is 0 Å². The number of benzene rings is 3. The summed E-state index contributed by atoms with van der Waals surface area (Å²) in [4.78, 5) is 17.4. The molecule has 35 heavy (non-hydrogen) atoms. The molecule has 2 aromatic heterocycles. The standard InChI is InChI=1S/C28H25N5OS/c1-3-19-13-15-21(16-14-19)29-26(34)18-35-28-32-31-27(33(28)2)23-17-25(20-9-5-4-6-10-20)30-24-12-8-7-11-22(23)24/h4-17H,3,18H2,1-2H3,(H,29,34). The molecular weight excluding hydrogens is 454 g/mol. The van der Waals surface area contributed by atoms with Crippen LogP contribution in [0, 0.1) is 0 Å². The van der Waals surface area contributed by atoms with Crippen molar-refractivity contribution in [3.05, 3.63) is 90.5 Å². The Morgan fingerprint density at radius 3 is 2.46 bits per heavy atom. The van der Waals surface area contributed by atoms with Gasteiger partial charge in [-0.1, -0.05) is 79.3 Å². The first kappa shape index (κ1) is 22.8. The topological polar surface area (TPSA) is 72.7 Å². The lowest BCUT2D eigenvalue weighted by atomic mass is 10.0. The summed E-state index contributed by atoms with van der Waals surface area (Å²) in [5.74, 6) is 0.900. The van der Waals surface area contributed by atoms with Crippen LogP contribution in [-0.2, 0) is 18.3 Å². The highest BCUT2D eigenvalue weighted by Gasteiger charge is 2.17. The summed E-state index contributed by atoms with van der Waals surface area (Å²) in [5.41, 5.74) is 5.81. The molecule has 0 aliphatic rings. The molecule has 1 N–H and O–H groups in total. The quantitative estimate of drug-likeness (QED) is 0.290. The summed E-state index contributed by atoms with van der Waals surface area (Å²) >= 11 is 1.37. The second kappa shape index (κ2) is 10.1. The first-order valence-corrected chi connectivity index (χ1v) is 12.5. The Labute approximate surface area is 208 Å². The molecule has 0 radical (unpaired) electrons. The molecule has 3 aromatic carbocycles. The van der Waals surface area contributed by atoms with Gasteiger partial charge in [-0.05, 0) is 36.2 Å². The van der Waals surface area contributed by atoms with Crippen LogP contribution in [0.1, 0.15) is 12.5 Å². The van der Waals surface area contributed by atoms with E-state index in [0.717, 1.165) is 45.7 Å². The summed E-state index contributed by atoms with van der Waals surface area (Å²) in [7, 11) is 1.93. The van der Waals surface area contributed by atoms with Gasteiger partial charge < -0.3 is 9.88 Å². The van der Waals surface area contributed by atoms with Crippen LogP contribution in [0.15, 0.2) is 90.1 Å². The number of nitrogens with zero attached hydrogens (tertiary/aromatic N) is 4. The van der Waals surface area contributed by atoms with Crippen molar-refractivity contribution in [3.63, 3.8) is 0 Å². The van der Waals surface area contributed by atoms with Crippen molar-refractivity contribution >= 4 is 34.3 Å². The Morgan fingerprint density at radius 2 is 1.69 bits per heavy atom. The van der Waals surface area contributed by atoms with E-state index in [1.165, 1.54) is 17.3 Å². The van der Waals surface area contributed by atoms with E-state index in [1.54, 1.807) is 0 Å². The monoisotopic (exact) mass is 479 g/mol. The van der Waals surface area contributed by atoms with Crippen molar-refractivity contribution < 1.29 is 4.79 Å². The van der Waals surface area contributed by atoms with E-state index in [0.29, 0.717) is 5.16 Å². The van der Waals surface area contributed by atoms with Gasteiger partial charge in [0.25, 0.3) is 0 Å². The lowest BCUT2D eigenvalue weighted by Gasteiger charge is -2.10. The van der Waals surface area contributed by atoms with Crippen LogP contribution in [0.25, 0.3) is 33.5 Å². The van der Waals surface area contributed by atoms with E-state index in [9.17, 15) is 4.79 Å². The number of anilines is 1. The van der Waals surface area contributed by atoms with E-state index in [2.05, 4.69) is 28.5 Å². The Kier molecular flexibility index (Phi) is 6.59. The number of fused-ring (bicyclic) bond motifs is 1. The number of pyridine rings is 1. The molecule has 5 rings (SSSR count). The summed E-state index contributed by atoms with van der Waals surface area (Å²) in [6.07, 6.45) is 0.970. The molecule has 0 saturated heterocycles. The zero-order chi connectivity index (χ0) is 24.2. The van der Waals surface area contributed by atoms with E-state index in [1.807, 2.05) is 90.5 Å². The lowest BCUT2D eigenvalue weighted by Crippen LogP contribution is -2.14. The van der Waals surface area contributed by atoms with Crippen LogP contribution in [0.2, 0.25) is 0 Å².